The molecule has 3 rings (SSSR count). The zero-order valence-corrected chi connectivity index (χ0v) is 12.1. The van der Waals surface area contributed by atoms with Crippen LogP contribution in [0.25, 0.3) is 5.65 Å². The average Bonchev–Trinajstić information content (AvgIpc) is 2.55. The number of hydrogen-bond donors (Lipinski definition) is 0. The van der Waals surface area contributed by atoms with Crippen LogP contribution in [-0.4, -0.2) is 9.38 Å². The van der Waals surface area contributed by atoms with Gasteiger partial charge in [-0.2, -0.15) is 0 Å². The first-order chi connectivity index (χ1) is 7.96. The highest BCUT2D eigenvalue weighted by atomic mass is 79.9. The van der Waals surface area contributed by atoms with Crippen molar-refractivity contribution in [1.29, 1.82) is 0 Å². The van der Waals surface area contributed by atoms with E-state index in [2.05, 4.69) is 53.4 Å². The monoisotopic (exact) mass is 292 g/mol. The molecule has 90 valence electrons. The van der Waals surface area contributed by atoms with Crippen molar-refractivity contribution in [2.75, 3.05) is 0 Å². The van der Waals surface area contributed by atoms with E-state index in [1.807, 2.05) is 0 Å². The van der Waals surface area contributed by atoms with Gasteiger partial charge in [0, 0.05) is 16.4 Å². The number of nitrogens with zero attached hydrogens (tertiary/aromatic N) is 2. The van der Waals surface area contributed by atoms with E-state index in [-0.39, 0.29) is 0 Å². The van der Waals surface area contributed by atoms with Gasteiger partial charge in [0.1, 0.15) is 5.65 Å². The van der Waals surface area contributed by atoms with Crippen molar-refractivity contribution >= 4 is 21.6 Å². The van der Waals surface area contributed by atoms with Gasteiger partial charge in [0.2, 0.25) is 0 Å². The Bertz CT molecular complexity index is 596. The van der Waals surface area contributed by atoms with E-state index < -0.39 is 0 Å². The van der Waals surface area contributed by atoms with Crippen LogP contribution in [0.3, 0.4) is 0 Å². The number of fused-ring (bicyclic) bond motifs is 3. The summed E-state index contributed by atoms with van der Waals surface area (Å²) in [7, 11) is 0. The smallest absolute Gasteiger partial charge is 0.140 e. The van der Waals surface area contributed by atoms with E-state index in [0.717, 1.165) is 23.0 Å². The van der Waals surface area contributed by atoms with Crippen LogP contribution in [0.5, 0.6) is 0 Å². The highest BCUT2D eigenvalue weighted by Gasteiger charge is 2.28. The van der Waals surface area contributed by atoms with E-state index in [1.165, 1.54) is 23.4 Å². The minimum absolute atomic E-state index is 0.402. The van der Waals surface area contributed by atoms with Gasteiger partial charge >= 0.3 is 0 Å². The molecule has 0 saturated carbocycles. The fourth-order valence-electron chi connectivity index (χ4n) is 2.75. The molecule has 2 aromatic heterocycles. The fraction of sp³-hybridized carbons (Fsp3) is 0.500. The summed E-state index contributed by atoms with van der Waals surface area (Å²) in [5.74, 6) is 0. The molecule has 0 atom stereocenters. The van der Waals surface area contributed by atoms with Gasteiger partial charge < -0.3 is 4.40 Å². The van der Waals surface area contributed by atoms with Gasteiger partial charge in [0.25, 0.3) is 0 Å². The molecule has 2 aromatic rings. The molecule has 0 N–H and O–H groups in total. The molecule has 0 aliphatic heterocycles. The highest BCUT2D eigenvalue weighted by molar-refractivity contribution is 9.10. The van der Waals surface area contributed by atoms with Crippen LogP contribution in [0, 0.1) is 12.3 Å². The van der Waals surface area contributed by atoms with Gasteiger partial charge in [-0.25, -0.2) is 4.98 Å². The van der Waals surface area contributed by atoms with Crippen LogP contribution in [0.15, 0.2) is 16.7 Å². The summed E-state index contributed by atoms with van der Waals surface area (Å²) in [6.07, 6.45) is 5.63. The Kier molecular flexibility index (Phi) is 2.37. The Morgan fingerprint density at radius 3 is 2.94 bits per heavy atom. The number of aryl methyl sites for hydroxylation is 2. The fourth-order valence-corrected chi connectivity index (χ4v) is 3.30. The predicted octanol–water partition coefficient (Wildman–Crippen LogP) is 3.92. The molecule has 0 radical (unpaired) electrons. The Labute approximate surface area is 110 Å². The third kappa shape index (κ3) is 1.81. The summed E-state index contributed by atoms with van der Waals surface area (Å²) >= 11 is 3.58. The summed E-state index contributed by atoms with van der Waals surface area (Å²) in [5, 5.41) is 0. The second-order valence-corrected chi connectivity index (χ2v) is 6.80. The number of rotatable bonds is 0. The summed E-state index contributed by atoms with van der Waals surface area (Å²) in [6.45, 7) is 6.82. The lowest BCUT2D eigenvalue weighted by Gasteiger charge is -2.28. The van der Waals surface area contributed by atoms with E-state index >= 15 is 0 Å². The maximum atomic E-state index is 4.80. The second kappa shape index (κ2) is 3.58. The Hall–Kier alpha value is -0.830. The molecule has 0 fully saturated rings. The predicted molar refractivity (Wildman–Crippen MR) is 73.4 cm³/mol. The summed E-state index contributed by atoms with van der Waals surface area (Å²) < 4.78 is 3.40. The summed E-state index contributed by atoms with van der Waals surface area (Å²) in [6, 6.07) is 2.14. The first kappa shape index (κ1) is 11.3. The third-order valence-electron chi connectivity index (χ3n) is 3.74. The molecular weight excluding hydrogens is 276 g/mol. The lowest BCUT2D eigenvalue weighted by Crippen LogP contribution is -2.22. The van der Waals surface area contributed by atoms with Crippen LogP contribution >= 0.6 is 15.9 Å². The van der Waals surface area contributed by atoms with Crippen LogP contribution in [0.1, 0.15) is 37.2 Å². The van der Waals surface area contributed by atoms with Gasteiger partial charge in [0.15, 0.2) is 0 Å². The minimum atomic E-state index is 0.402. The van der Waals surface area contributed by atoms with Crippen molar-refractivity contribution in [2.24, 2.45) is 5.41 Å². The standard InChI is InChI=1S/C14H17BrN2/c1-9-6-10(15)8-17-12-7-14(2,3)5-4-11(12)16-13(9)17/h6,8H,4-5,7H2,1-3H3. The molecule has 0 aromatic carbocycles. The summed E-state index contributed by atoms with van der Waals surface area (Å²) in [5.41, 5.74) is 5.47. The number of pyridine rings is 1. The molecule has 2 nitrogen and oxygen atoms in total. The molecule has 1 aliphatic rings. The SMILES string of the molecule is Cc1cc(Br)cn2c3c(nc12)CCC(C)(C)C3. The van der Waals surface area contributed by atoms with E-state index in [4.69, 9.17) is 4.98 Å². The van der Waals surface area contributed by atoms with Crippen molar-refractivity contribution < 1.29 is 0 Å². The topological polar surface area (TPSA) is 17.3 Å². The number of hydrogen-bond acceptors (Lipinski definition) is 1. The minimum Gasteiger partial charge on any atom is -0.302 e. The van der Waals surface area contributed by atoms with Crippen molar-refractivity contribution in [3.63, 3.8) is 0 Å². The molecule has 3 heteroatoms. The normalized spacial score (nSPS) is 18.4. The second-order valence-electron chi connectivity index (χ2n) is 5.88. The van der Waals surface area contributed by atoms with Crippen LogP contribution in [-0.2, 0) is 12.8 Å². The van der Waals surface area contributed by atoms with Crippen LogP contribution < -0.4 is 0 Å². The lowest BCUT2D eigenvalue weighted by molar-refractivity contribution is 0.309. The Morgan fingerprint density at radius 2 is 2.18 bits per heavy atom. The van der Waals surface area contributed by atoms with Gasteiger partial charge in [-0.05, 0) is 59.2 Å². The molecule has 0 saturated heterocycles. The first-order valence-electron chi connectivity index (χ1n) is 6.12. The number of aromatic nitrogens is 2. The highest BCUT2D eigenvalue weighted by Crippen LogP contribution is 2.35. The zero-order chi connectivity index (χ0) is 12.2. The molecule has 0 spiro atoms. The van der Waals surface area contributed by atoms with Crippen molar-refractivity contribution in [3.05, 3.63) is 33.7 Å². The van der Waals surface area contributed by atoms with Crippen molar-refractivity contribution in [2.45, 2.75) is 40.0 Å². The number of imidazole rings is 1. The maximum Gasteiger partial charge on any atom is 0.140 e. The van der Waals surface area contributed by atoms with Crippen molar-refractivity contribution in [1.82, 2.24) is 9.38 Å². The maximum absolute atomic E-state index is 4.80. The van der Waals surface area contributed by atoms with Gasteiger partial charge in [-0.15, -0.1) is 0 Å². The third-order valence-corrected chi connectivity index (χ3v) is 4.17. The Balaban J connectivity index is 2.28. The molecule has 0 unspecified atom stereocenters. The van der Waals surface area contributed by atoms with Crippen LogP contribution in [0.2, 0.25) is 0 Å². The molecule has 0 amide bonds. The summed E-state index contributed by atoms with van der Waals surface area (Å²) in [4.78, 5) is 4.80. The van der Waals surface area contributed by atoms with Crippen molar-refractivity contribution in [3.8, 4) is 0 Å². The van der Waals surface area contributed by atoms with Crippen LogP contribution in [0.4, 0.5) is 0 Å². The number of halogens is 1. The van der Waals surface area contributed by atoms with E-state index in [1.54, 1.807) is 0 Å². The molecule has 2 heterocycles. The Morgan fingerprint density at radius 1 is 1.41 bits per heavy atom. The molecule has 17 heavy (non-hydrogen) atoms. The average molecular weight is 293 g/mol. The molecule has 0 bridgehead atoms. The lowest BCUT2D eigenvalue weighted by atomic mass is 9.78. The van der Waals surface area contributed by atoms with Gasteiger partial charge in [-0.3, -0.25) is 0 Å². The molecular formula is C14H17BrN2. The zero-order valence-electron chi connectivity index (χ0n) is 10.5. The van der Waals surface area contributed by atoms with Gasteiger partial charge in [0.05, 0.1) is 5.69 Å². The first-order valence-corrected chi connectivity index (χ1v) is 6.91. The van der Waals surface area contributed by atoms with E-state index in [0.29, 0.717) is 5.41 Å². The molecule has 1 aliphatic carbocycles. The van der Waals surface area contributed by atoms with Gasteiger partial charge in [-0.1, -0.05) is 13.8 Å². The van der Waals surface area contributed by atoms with E-state index in [9.17, 15) is 0 Å². The quantitative estimate of drug-likeness (QED) is 0.719. The largest absolute Gasteiger partial charge is 0.302 e.